The molecular weight excluding hydrogens is 395 g/mol. The minimum atomic E-state index is -4.60. The number of halogens is 3. The Morgan fingerprint density at radius 3 is 2.71 bits per heavy atom. The van der Waals surface area contributed by atoms with Crippen LogP contribution in [0.15, 0.2) is 35.4 Å². The van der Waals surface area contributed by atoms with Gasteiger partial charge in [-0.3, -0.25) is 14.2 Å². The molecule has 0 radical (unpaired) electrons. The second kappa shape index (κ2) is 7.72. The lowest BCUT2D eigenvalue weighted by atomic mass is 10.1. The summed E-state index contributed by atoms with van der Waals surface area (Å²) < 4.78 is 45.7. The number of para-hydroxylation sites is 1. The van der Waals surface area contributed by atoms with E-state index in [4.69, 9.17) is 4.74 Å². The maximum Gasteiger partial charge on any atom is 0.418 e. The highest BCUT2D eigenvalue weighted by molar-refractivity contribution is 7.20. The number of ether oxygens (including phenoxy) is 1. The summed E-state index contributed by atoms with van der Waals surface area (Å²) in [6, 6.07) is 4.72. The van der Waals surface area contributed by atoms with E-state index < -0.39 is 17.6 Å². The van der Waals surface area contributed by atoms with Crippen LogP contribution in [0.3, 0.4) is 0 Å². The fourth-order valence-corrected chi connectivity index (χ4v) is 3.78. The largest absolute Gasteiger partial charge is 0.418 e. The third-order valence-electron chi connectivity index (χ3n) is 4.14. The van der Waals surface area contributed by atoms with Crippen LogP contribution in [0, 0.1) is 6.92 Å². The van der Waals surface area contributed by atoms with Crippen molar-refractivity contribution in [3.63, 3.8) is 0 Å². The van der Waals surface area contributed by atoms with Crippen LogP contribution in [-0.2, 0) is 17.5 Å². The fourth-order valence-electron chi connectivity index (χ4n) is 2.74. The van der Waals surface area contributed by atoms with Crippen molar-refractivity contribution in [3.05, 3.63) is 57.0 Å². The van der Waals surface area contributed by atoms with Gasteiger partial charge in [0.25, 0.3) is 11.5 Å². The number of anilines is 1. The molecule has 28 heavy (non-hydrogen) atoms. The van der Waals surface area contributed by atoms with E-state index >= 15 is 0 Å². The van der Waals surface area contributed by atoms with Crippen LogP contribution < -0.4 is 10.9 Å². The monoisotopic (exact) mass is 411 g/mol. The standard InChI is InChI=1S/C18H16F3N3O3S/c1-10-13-16(22-9-24(17(13)26)7-8-27-2)28-14(10)15(25)23-12-6-4-3-5-11(12)18(19,20)21/h3-6,9H,7-8H2,1-2H3,(H,23,25). The van der Waals surface area contributed by atoms with Gasteiger partial charge in [-0.05, 0) is 24.6 Å². The Bertz CT molecular complexity index is 1090. The number of fused-ring (bicyclic) bond motifs is 1. The number of rotatable bonds is 5. The van der Waals surface area contributed by atoms with Gasteiger partial charge in [0, 0.05) is 7.11 Å². The maximum atomic E-state index is 13.1. The number of aromatic nitrogens is 2. The van der Waals surface area contributed by atoms with E-state index in [-0.39, 0.29) is 21.5 Å². The average Bonchev–Trinajstić information content (AvgIpc) is 2.98. The Morgan fingerprint density at radius 2 is 2.04 bits per heavy atom. The molecule has 148 valence electrons. The number of aryl methyl sites for hydroxylation is 1. The predicted octanol–water partition coefficient (Wildman–Crippen LogP) is 3.68. The molecule has 2 heterocycles. The minimum Gasteiger partial charge on any atom is -0.383 e. The average molecular weight is 411 g/mol. The first-order valence-corrected chi connectivity index (χ1v) is 9.00. The van der Waals surface area contributed by atoms with Crippen LogP contribution in [0.4, 0.5) is 18.9 Å². The zero-order valence-electron chi connectivity index (χ0n) is 15.0. The van der Waals surface area contributed by atoms with Gasteiger partial charge in [-0.15, -0.1) is 11.3 Å². The van der Waals surface area contributed by atoms with Gasteiger partial charge in [0.05, 0.1) is 41.0 Å². The lowest BCUT2D eigenvalue weighted by Gasteiger charge is -2.13. The van der Waals surface area contributed by atoms with E-state index in [1.165, 1.54) is 36.2 Å². The molecule has 1 amide bonds. The normalized spacial score (nSPS) is 11.8. The van der Waals surface area contributed by atoms with Crippen LogP contribution in [-0.4, -0.2) is 29.2 Å². The Balaban J connectivity index is 1.99. The molecule has 0 aliphatic rings. The first-order chi connectivity index (χ1) is 13.2. The molecule has 0 aliphatic heterocycles. The van der Waals surface area contributed by atoms with Crippen molar-refractivity contribution in [1.82, 2.24) is 9.55 Å². The second-order valence-electron chi connectivity index (χ2n) is 5.97. The van der Waals surface area contributed by atoms with E-state index in [0.717, 1.165) is 17.4 Å². The van der Waals surface area contributed by atoms with Gasteiger partial charge in [-0.2, -0.15) is 13.2 Å². The summed E-state index contributed by atoms with van der Waals surface area (Å²) in [5.74, 6) is -0.722. The molecule has 0 saturated carbocycles. The lowest BCUT2D eigenvalue weighted by molar-refractivity contribution is -0.136. The first-order valence-electron chi connectivity index (χ1n) is 8.19. The number of alkyl halides is 3. The molecule has 10 heteroatoms. The highest BCUT2D eigenvalue weighted by atomic mass is 32.1. The first kappa shape index (κ1) is 20.0. The Kier molecular flexibility index (Phi) is 5.52. The SMILES string of the molecule is COCCn1cnc2sc(C(=O)Nc3ccccc3C(F)(F)F)c(C)c2c1=O. The highest BCUT2D eigenvalue weighted by Gasteiger charge is 2.34. The van der Waals surface area contributed by atoms with Crippen molar-refractivity contribution in [2.45, 2.75) is 19.6 Å². The number of benzene rings is 1. The van der Waals surface area contributed by atoms with Gasteiger partial charge in [0.15, 0.2) is 0 Å². The Morgan fingerprint density at radius 1 is 1.32 bits per heavy atom. The van der Waals surface area contributed by atoms with Crippen LogP contribution in [0.2, 0.25) is 0 Å². The van der Waals surface area contributed by atoms with Gasteiger partial charge < -0.3 is 10.1 Å². The molecule has 1 N–H and O–H groups in total. The minimum absolute atomic E-state index is 0.140. The van der Waals surface area contributed by atoms with E-state index in [9.17, 15) is 22.8 Å². The quantitative estimate of drug-likeness (QED) is 0.695. The molecule has 0 atom stereocenters. The van der Waals surface area contributed by atoms with Crippen molar-refractivity contribution in [3.8, 4) is 0 Å². The summed E-state index contributed by atoms with van der Waals surface area (Å²) in [7, 11) is 1.51. The number of thiophene rings is 1. The molecule has 6 nitrogen and oxygen atoms in total. The van der Waals surface area contributed by atoms with Gasteiger partial charge in [-0.1, -0.05) is 12.1 Å². The number of nitrogens with zero attached hydrogens (tertiary/aromatic N) is 2. The molecule has 3 aromatic rings. The predicted molar refractivity (Wildman–Crippen MR) is 99.9 cm³/mol. The molecule has 0 aliphatic carbocycles. The number of methoxy groups -OCH3 is 1. The van der Waals surface area contributed by atoms with Crippen LogP contribution >= 0.6 is 11.3 Å². The topological polar surface area (TPSA) is 73.2 Å². The number of nitrogens with one attached hydrogen (secondary N) is 1. The summed E-state index contributed by atoms with van der Waals surface area (Å²) in [4.78, 5) is 29.9. The number of carbonyl (C=O) groups excluding carboxylic acids is 1. The van der Waals surface area contributed by atoms with Gasteiger partial charge >= 0.3 is 6.18 Å². The van der Waals surface area contributed by atoms with Gasteiger partial charge in [0.2, 0.25) is 0 Å². The molecule has 1 aromatic carbocycles. The number of hydrogen-bond donors (Lipinski definition) is 1. The van der Waals surface area contributed by atoms with Gasteiger partial charge in [0.1, 0.15) is 4.83 Å². The number of hydrogen-bond acceptors (Lipinski definition) is 5. The molecule has 0 unspecified atom stereocenters. The van der Waals surface area contributed by atoms with Crippen molar-refractivity contribution >= 4 is 33.1 Å². The number of amides is 1. The molecule has 0 bridgehead atoms. The lowest BCUT2D eigenvalue weighted by Crippen LogP contribution is -2.22. The molecule has 0 spiro atoms. The fraction of sp³-hybridized carbons (Fsp3) is 0.278. The summed E-state index contributed by atoms with van der Waals surface area (Å²) in [5, 5.41) is 2.57. The van der Waals surface area contributed by atoms with Gasteiger partial charge in [-0.25, -0.2) is 4.98 Å². The molecule has 0 fully saturated rings. The Hall–Kier alpha value is -2.72. The van der Waals surface area contributed by atoms with Crippen LogP contribution in [0.25, 0.3) is 10.2 Å². The zero-order chi connectivity index (χ0) is 20.5. The summed E-state index contributed by atoms with van der Waals surface area (Å²) in [5.41, 5.74) is -1.23. The third-order valence-corrected chi connectivity index (χ3v) is 5.34. The molecular formula is C18H16F3N3O3S. The highest BCUT2D eigenvalue weighted by Crippen LogP contribution is 2.35. The summed E-state index contributed by atoms with van der Waals surface area (Å²) >= 11 is 0.962. The zero-order valence-corrected chi connectivity index (χ0v) is 15.8. The molecule has 3 rings (SSSR count). The van der Waals surface area contributed by atoms with Crippen molar-refractivity contribution in [1.29, 1.82) is 0 Å². The number of carbonyl (C=O) groups is 1. The molecule has 2 aromatic heterocycles. The molecule has 0 saturated heterocycles. The van der Waals surface area contributed by atoms with E-state index in [2.05, 4.69) is 10.3 Å². The van der Waals surface area contributed by atoms with Crippen LogP contribution in [0.1, 0.15) is 20.8 Å². The van der Waals surface area contributed by atoms with Crippen molar-refractivity contribution in [2.24, 2.45) is 0 Å². The van der Waals surface area contributed by atoms with E-state index in [0.29, 0.717) is 23.5 Å². The van der Waals surface area contributed by atoms with E-state index in [1.54, 1.807) is 6.92 Å². The van der Waals surface area contributed by atoms with Crippen molar-refractivity contribution in [2.75, 3.05) is 19.0 Å². The smallest absolute Gasteiger partial charge is 0.383 e. The third kappa shape index (κ3) is 3.78. The summed E-state index contributed by atoms with van der Waals surface area (Å²) in [6.45, 7) is 2.19. The van der Waals surface area contributed by atoms with E-state index in [1.807, 2.05) is 0 Å². The summed E-state index contributed by atoms with van der Waals surface area (Å²) in [6.07, 6.45) is -3.24. The maximum absolute atomic E-state index is 13.1. The Labute approximate surface area is 161 Å². The second-order valence-corrected chi connectivity index (χ2v) is 6.97. The van der Waals surface area contributed by atoms with Crippen LogP contribution in [0.5, 0.6) is 0 Å². The van der Waals surface area contributed by atoms with Crippen molar-refractivity contribution < 1.29 is 22.7 Å².